The number of Topliss-reactive ketones (excluding diaryl/α,β-unsaturated/α-hetero) is 1. The molecule has 4 rings (SSSR count). The van der Waals surface area contributed by atoms with E-state index in [1.807, 2.05) is 30.3 Å². The van der Waals surface area contributed by atoms with Gasteiger partial charge < -0.3 is 10.1 Å². The first kappa shape index (κ1) is 19.1. The van der Waals surface area contributed by atoms with E-state index in [9.17, 15) is 14.0 Å². The summed E-state index contributed by atoms with van der Waals surface area (Å²) in [4.78, 5) is 25.9. The normalized spacial score (nSPS) is 19.0. The molecule has 0 amide bonds. The van der Waals surface area contributed by atoms with Gasteiger partial charge in [0.05, 0.1) is 5.57 Å². The number of nitrogens with one attached hydrogen (secondary N) is 1. The van der Waals surface area contributed by atoms with Crippen LogP contribution < -0.4 is 5.32 Å². The van der Waals surface area contributed by atoms with Gasteiger partial charge in [-0.15, -0.1) is 0 Å². The lowest BCUT2D eigenvalue weighted by molar-refractivity contribution is -0.140. The third-order valence-electron chi connectivity index (χ3n) is 5.39. The number of rotatable bonds is 4. The van der Waals surface area contributed by atoms with E-state index < -0.39 is 17.7 Å². The van der Waals surface area contributed by atoms with Crippen LogP contribution in [0.3, 0.4) is 0 Å². The Labute approximate surface area is 169 Å². The smallest absolute Gasteiger partial charge is 0.337 e. The fourth-order valence-electron chi connectivity index (χ4n) is 4.07. The maximum atomic E-state index is 14.0. The number of ketones is 1. The van der Waals surface area contributed by atoms with E-state index in [1.54, 1.807) is 19.1 Å². The van der Waals surface area contributed by atoms with Gasteiger partial charge in [0.15, 0.2) is 5.78 Å². The lowest BCUT2D eigenvalue weighted by Crippen LogP contribution is -2.34. The third kappa shape index (κ3) is 3.86. The molecule has 0 fully saturated rings. The Morgan fingerprint density at radius 2 is 1.93 bits per heavy atom. The van der Waals surface area contributed by atoms with Crippen LogP contribution in [0, 0.1) is 5.82 Å². The first-order valence-electron chi connectivity index (χ1n) is 9.75. The molecule has 2 aromatic rings. The lowest BCUT2D eigenvalue weighted by Gasteiger charge is -2.34. The minimum absolute atomic E-state index is 0.00568. The molecular formula is C24H22FNO3. The van der Waals surface area contributed by atoms with Crippen LogP contribution in [-0.4, -0.2) is 11.8 Å². The van der Waals surface area contributed by atoms with Crippen LogP contribution in [0.4, 0.5) is 4.39 Å². The van der Waals surface area contributed by atoms with Crippen molar-refractivity contribution in [1.29, 1.82) is 0 Å². The van der Waals surface area contributed by atoms with Gasteiger partial charge in [-0.2, -0.15) is 0 Å². The molecular weight excluding hydrogens is 369 g/mol. The molecule has 1 N–H and O–H groups in total. The second-order valence-corrected chi connectivity index (χ2v) is 7.38. The Morgan fingerprint density at radius 3 is 2.69 bits per heavy atom. The lowest BCUT2D eigenvalue weighted by atomic mass is 9.75. The number of hydrogen-bond donors (Lipinski definition) is 1. The zero-order valence-electron chi connectivity index (χ0n) is 16.2. The van der Waals surface area contributed by atoms with Gasteiger partial charge in [0, 0.05) is 29.3 Å². The van der Waals surface area contributed by atoms with Crippen molar-refractivity contribution < 1.29 is 18.7 Å². The summed E-state index contributed by atoms with van der Waals surface area (Å²) < 4.78 is 19.6. The van der Waals surface area contributed by atoms with Gasteiger partial charge in [-0.25, -0.2) is 9.18 Å². The molecule has 0 aromatic heterocycles. The van der Waals surface area contributed by atoms with E-state index in [2.05, 4.69) is 5.32 Å². The van der Waals surface area contributed by atoms with Crippen molar-refractivity contribution in [2.24, 2.45) is 0 Å². The van der Waals surface area contributed by atoms with Crippen molar-refractivity contribution in [2.75, 3.05) is 0 Å². The molecule has 1 aliphatic heterocycles. The maximum Gasteiger partial charge on any atom is 0.337 e. The number of benzene rings is 2. The van der Waals surface area contributed by atoms with Crippen LogP contribution in [-0.2, 0) is 20.9 Å². The van der Waals surface area contributed by atoms with Gasteiger partial charge in [-0.05, 0) is 43.0 Å². The summed E-state index contributed by atoms with van der Waals surface area (Å²) in [5.74, 6) is -1.54. The van der Waals surface area contributed by atoms with Crippen molar-refractivity contribution in [3.63, 3.8) is 0 Å². The molecule has 2 aliphatic rings. The highest BCUT2D eigenvalue weighted by Gasteiger charge is 2.39. The Kier molecular flexibility index (Phi) is 5.30. The number of allylic oxidation sites excluding steroid dienone is 3. The van der Waals surface area contributed by atoms with Gasteiger partial charge in [0.2, 0.25) is 0 Å². The Bertz CT molecular complexity index is 1020. The van der Waals surface area contributed by atoms with Crippen molar-refractivity contribution in [3.8, 4) is 0 Å². The molecule has 0 saturated carbocycles. The monoisotopic (exact) mass is 391 g/mol. The van der Waals surface area contributed by atoms with Gasteiger partial charge in [-0.1, -0.05) is 42.5 Å². The van der Waals surface area contributed by atoms with Crippen molar-refractivity contribution in [3.05, 3.63) is 94.1 Å². The van der Waals surface area contributed by atoms with Crippen LogP contribution >= 0.6 is 0 Å². The molecule has 29 heavy (non-hydrogen) atoms. The number of dihydropyridines is 1. The first-order valence-corrected chi connectivity index (χ1v) is 9.75. The zero-order valence-corrected chi connectivity index (χ0v) is 16.2. The summed E-state index contributed by atoms with van der Waals surface area (Å²) in [6.07, 6.45) is 1.93. The standard InChI is InChI=1S/C24H22FNO3/c1-15-21(24(28)29-14-16-7-3-2-4-8-16)22(17-9-5-10-18(25)13-17)23-19(26-15)11-6-12-20(23)27/h2-5,7-10,13,22,26H,6,11-12,14H2,1H3/t22-/m1/s1. The fraction of sp³-hybridized carbons (Fsp3) is 0.250. The summed E-state index contributed by atoms with van der Waals surface area (Å²) >= 11 is 0. The van der Waals surface area contributed by atoms with Crippen molar-refractivity contribution in [2.45, 2.75) is 38.7 Å². The number of carbonyl (C=O) groups is 2. The number of halogens is 1. The third-order valence-corrected chi connectivity index (χ3v) is 5.39. The molecule has 0 spiro atoms. The highest BCUT2D eigenvalue weighted by Crippen LogP contribution is 2.42. The Morgan fingerprint density at radius 1 is 1.14 bits per heavy atom. The largest absolute Gasteiger partial charge is 0.457 e. The molecule has 1 aliphatic carbocycles. The summed E-state index contributed by atoms with van der Waals surface area (Å²) in [7, 11) is 0. The number of ether oxygens (including phenoxy) is 1. The molecule has 4 nitrogen and oxygen atoms in total. The summed E-state index contributed by atoms with van der Waals surface area (Å²) in [6, 6.07) is 15.5. The molecule has 0 radical (unpaired) electrons. The number of esters is 1. The highest BCUT2D eigenvalue weighted by atomic mass is 19.1. The Hall–Kier alpha value is -3.21. The molecule has 0 unspecified atom stereocenters. The van der Waals surface area contributed by atoms with Gasteiger partial charge >= 0.3 is 5.97 Å². The van der Waals surface area contributed by atoms with E-state index in [-0.39, 0.29) is 12.4 Å². The van der Waals surface area contributed by atoms with Gasteiger partial charge in [0.1, 0.15) is 12.4 Å². The minimum Gasteiger partial charge on any atom is -0.457 e. The summed E-state index contributed by atoms with van der Waals surface area (Å²) in [5.41, 5.74) is 3.84. The quantitative estimate of drug-likeness (QED) is 0.778. The highest BCUT2D eigenvalue weighted by molar-refractivity contribution is 6.03. The maximum absolute atomic E-state index is 14.0. The molecule has 0 bridgehead atoms. The van der Waals surface area contributed by atoms with Crippen molar-refractivity contribution >= 4 is 11.8 Å². The zero-order chi connectivity index (χ0) is 20.4. The van der Waals surface area contributed by atoms with Crippen LogP contribution in [0.25, 0.3) is 0 Å². The molecule has 1 atom stereocenters. The fourth-order valence-corrected chi connectivity index (χ4v) is 4.07. The SMILES string of the molecule is CC1=C(C(=O)OCc2ccccc2)[C@@H](c2cccc(F)c2)C2=C(CCCC2=O)N1. The second kappa shape index (κ2) is 8.03. The van der Waals surface area contributed by atoms with Crippen molar-refractivity contribution in [1.82, 2.24) is 5.32 Å². The van der Waals surface area contributed by atoms with Crippen LogP contribution in [0.2, 0.25) is 0 Å². The van der Waals surface area contributed by atoms with E-state index in [0.717, 1.165) is 24.1 Å². The number of hydrogen-bond acceptors (Lipinski definition) is 4. The van der Waals surface area contributed by atoms with Gasteiger partial charge in [-0.3, -0.25) is 4.79 Å². The van der Waals surface area contributed by atoms with Gasteiger partial charge in [0.25, 0.3) is 0 Å². The summed E-state index contributed by atoms with van der Waals surface area (Å²) in [5, 5.41) is 3.24. The average molecular weight is 391 g/mol. The second-order valence-electron chi connectivity index (χ2n) is 7.38. The molecule has 5 heteroatoms. The topological polar surface area (TPSA) is 55.4 Å². The molecule has 1 heterocycles. The number of carbonyl (C=O) groups excluding carboxylic acids is 2. The van der Waals surface area contributed by atoms with Crippen LogP contribution in [0.15, 0.2) is 77.1 Å². The van der Waals surface area contributed by atoms with E-state index >= 15 is 0 Å². The van der Waals surface area contributed by atoms with Crippen LogP contribution in [0.1, 0.15) is 43.2 Å². The minimum atomic E-state index is -0.627. The predicted molar refractivity (Wildman–Crippen MR) is 107 cm³/mol. The van der Waals surface area contributed by atoms with E-state index in [0.29, 0.717) is 28.8 Å². The first-order chi connectivity index (χ1) is 14.0. The molecule has 148 valence electrons. The predicted octanol–water partition coefficient (Wildman–Crippen LogP) is 4.54. The van der Waals surface area contributed by atoms with E-state index in [1.165, 1.54) is 12.1 Å². The molecule has 0 saturated heterocycles. The average Bonchev–Trinajstić information content (AvgIpc) is 2.72. The summed E-state index contributed by atoms with van der Waals surface area (Å²) in [6.45, 7) is 1.93. The Balaban J connectivity index is 1.72. The van der Waals surface area contributed by atoms with E-state index in [4.69, 9.17) is 4.74 Å². The van der Waals surface area contributed by atoms with Crippen LogP contribution in [0.5, 0.6) is 0 Å². The molecule has 2 aromatic carbocycles.